The molecule has 1 saturated heterocycles. The lowest BCUT2D eigenvalue weighted by atomic mass is 10.2. The van der Waals surface area contributed by atoms with Crippen molar-refractivity contribution in [1.29, 1.82) is 0 Å². The highest BCUT2D eigenvalue weighted by Gasteiger charge is 2.46. The van der Waals surface area contributed by atoms with E-state index in [1.54, 1.807) is 0 Å². The molecule has 0 amide bonds. The van der Waals surface area contributed by atoms with Gasteiger partial charge < -0.3 is 0 Å². The van der Waals surface area contributed by atoms with Crippen LogP contribution in [0, 0.1) is 0 Å². The Hall–Kier alpha value is -1.01. The fourth-order valence-electron chi connectivity index (χ4n) is 3.40. The van der Waals surface area contributed by atoms with Crippen molar-refractivity contribution in [3.8, 4) is 0 Å². The Kier molecular flexibility index (Phi) is 4.66. The van der Waals surface area contributed by atoms with Gasteiger partial charge in [-0.05, 0) is 56.4 Å². The molecule has 3 fully saturated rings. The highest BCUT2D eigenvalue weighted by atomic mass is 32.2. The standard InChI is InChI=1S/C16H22N2O6S3/c19-25(20)10-9-14(11-25)18(13-3-4-13)27(23,24)16-7-5-15(6-8-16)26(21,22)17-12-1-2-12/h5-8,12-14,17H,1-4,9-11H2. The molecule has 2 aliphatic carbocycles. The van der Waals surface area contributed by atoms with E-state index < -0.39 is 35.9 Å². The van der Waals surface area contributed by atoms with E-state index in [0.717, 1.165) is 12.8 Å². The first-order valence-electron chi connectivity index (χ1n) is 8.95. The molecule has 2 saturated carbocycles. The van der Waals surface area contributed by atoms with Crippen molar-refractivity contribution in [3.05, 3.63) is 24.3 Å². The maximum Gasteiger partial charge on any atom is 0.243 e. The average molecular weight is 435 g/mol. The zero-order valence-corrected chi connectivity index (χ0v) is 17.1. The van der Waals surface area contributed by atoms with Gasteiger partial charge in [0.1, 0.15) is 0 Å². The van der Waals surface area contributed by atoms with E-state index in [1.165, 1.54) is 28.6 Å². The van der Waals surface area contributed by atoms with E-state index in [9.17, 15) is 25.3 Å². The second-order valence-electron chi connectivity index (χ2n) is 7.49. The molecule has 3 aliphatic rings. The monoisotopic (exact) mass is 434 g/mol. The largest absolute Gasteiger partial charge is 0.243 e. The van der Waals surface area contributed by atoms with Crippen LogP contribution in [-0.4, -0.2) is 59.2 Å². The third-order valence-corrected chi connectivity index (χ3v) is 10.4. The summed E-state index contributed by atoms with van der Waals surface area (Å²) < 4.78 is 78.2. The van der Waals surface area contributed by atoms with Crippen LogP contribution < -0.4 is 4.72 Å². The van der Waals surface area contributed by atoms with E-state index >= 15 is 0 Å². The summed E-state index contributed by atoms with van der Waals surface area (Å²) in [6.45, 7) is 0. The minimum atomic E-state index is -3.89. The number of nitrogens with zero attached hydrogens (tertiary/aromatic N) is 1. The summed E-state index contributed by atoms with van der Waals surface area (Å²) in [4.78, 5) is 0.0128. The quantitative estimate of drug-likeness (QED) is 0.666. The number of nitrogens with one attached hydrogen (secondary N) is 1. The highest BCUT2D eigenvalue weighted by Crippen LogP contribution is 2.37. The van der Waals surface area contributed by atoms with Gasteiger partial charge in [-0.2, -0.15) is 4.31 Å². The first-order chi connectivity index (χ1) is 12.6. The van der Waals surface area contributed by atoms with Crippen LogP contribution in [-0.2, 0) is 29.9 Å². The van der Waals surface area contributed by atoms with Crippen LogP contribution in [0.3, 0.4) is 0 Å². The molecule has 1 aromatic rings. The van der Waals surface area contributed by atoms with Crippen molar-refractivity contribution >= 4 is 29.9 Å². The fraction of sp³-hybridized carbons (Fsp3) is 0.625. The molecule has 0 aromatic heterocycles. The van der Waals surface area contributed by atoms with Gasteiger partial charge in [-0.1, -0.05) is 0 Å². The number of sulfonamides is 2. The molecule has 1 unspecified atom stereocenters. The molecular weight excluding hydrogens is 412 g/mol. The number of benzene rings is 1. The van der Waals surface area contributed by atoms with Crippen molar-refractivity contribution in [2.75, 3.05) is 11.5 Å². The van der Waals surface area contributed by atoms with Gasteiger partial charge in [-0.25, -0.2) is 30.0 Å². The van der Waals surface area contributed by atoms with Crippen molar-refractivity contribution in [3.63, 3.8) is 0 Å². The lowest BCUT2D eigenvalue weighted by molar-refractivity contribution is 0.332. The summed E-state index contributed by atoms with van der Waals surface area (Å²) in [5.41, 5.74) is 0. The van der Waals surface area contributed by atoms with Gasteiger partial charge in [0.15, 0.2) is 9.84 Å². The van der Waals surface area contributed by atoms with Crippen LogP contribution in [0.1, 0.15) is 32.1 Å². The molecular formula is C16H22N2O6S3. The Morgan fingerprint density at radius 1 is 0.852 bits per heavy atom. The SMILES string of the molecule is O=S1(=O)CCC(N(C2CC2)S(=O)(=O)c2ccc(S(=O)(=O)NC3CC3)cc2)C1. The topological polar surface area (TPSA) is 118 Å². The molecule has 27 heavy (non-hydrogen) atoms. The lowest BCUT2D eigenvalue weighted by Gasteiger charge is -2.27. The van der Waals surface area contributed by atoms with Gasteiger partial charge in [-0.15, -0.1) is 0 Å². The summed E-state index contributed by atoms with van der Waals surface area (Å²) in [6, 6.07) is 4.39. The van der Waals surface area contributed by atoms with Crippen LogP contribution >= 0.6 is 0 Å². The normalized spacial score (nSPS) is 25.7. The highest BCUT2D eigenvalue weighted by molar-refractivity contribution is 7.92. The molecule has 8 nitrogen and oxygen atoms in total. The fourth-order valence-corrected chi connectivity index (χ4v) is 8.41. The van der Waals surface area contributed by atoms with Crippen LogP contribution in [0.2, 0.25) is 0 Å². The Balaban J connectivity index is 1.60. The molecule has 4 rings (SSSR count). The molecule has 1 aromatic carbocycles. The third-order valence-electron chi connectivity index (χ3n) is 5.08. The van der Waals surface area contributed by atoms with Crippen LogP contribution in [0.5, 0.6) is 0 Å². The van der Waals surface area contributed by atoms with Crippen LogP contribution in [0.25, 0.3) is 0 Å². The average Bonchev–Trinajstić information content (AvgIpc) is 3.49. The van der Waals surface area contributed by atoms with E-state index in [0.29, 0.717) is 19.3 Å². The number of sulfone groups is 1. The van der Waals surface area contributed by atoms with Crippen molar-refractivity contribution in [2.45, 2.75) is 60.0 Å². The summed E-state index contributed by atoms with van der Waals surface area (Å²) >= 11 is 0. The summed E-state index contributed by atoms with van der Waals surface area (Å²) in [7, 11) is -10.8. The van der Waals surface area contributed by atoms with Gasteiger partial charge in [0.25, 0.3) is 0 Å². The molecule has 1 heterocycles. The van der Waals surface area contributed by atoms with Crippen LogP contribution in [0.15, 0.2) is 34.1 Å². The van der Waals surface area contributed by atoms with Gasteiger partial charge in [0, 0.05) is 18.1 Å². The van der Waals surface area contributed by atoms with Crippen molar-refractivity contribution in [2.24, 2.45) is 0 Å². The summed E-state index contributed by atoms with van der Waals surface area (Å²) in [5.74, 6) is -0.152. The number of hydrogen-bond acceptors (Lipinski definition) is 6. The smallest absolute Gasteiger partial charge is 0.229 e. The molecule has 1 aliphatic heterocycles. The molecule has 1 N–H and O–H groups in total. The third kappa shape index (κ3) is 4.07. The van der Waals surface area contributed by atoms with Crippen molar-refractivity contribution in [1.82, 2.24) is 9.03 Å². The van der Waals surface area contributed by atoms with Crippen molar-refractivity contribution < 1.29 is 25.3 Å². The van der Waals surface area contributed by atoms with Gasteiger partial charge in [0.05, 0.1) is 21.3 Å². The summed E-state index contributed by atoms with van der Waals surface area (Å²) in [6.07, 6.45) is 3.36. The molecule has 0 spiro atoms. The van der Waals surface area contributed by atoms with E-state index in [4.69, 9.17) is 0 Å². The molecule has 0 radical (unpaired) electrons. The molecule has 1 atom stereocenters. The minimum Gasteiger partial charge on any atom is -0.229 e. The van der Waals surface area contributed by atoms with Gasteiger partial charge in [-0.3, -0.25) is 0 Å². The Labute approximate surface area is 160 Å². The minimum absolute atomic E-state index is 0.000421. The lowest BCUT2D eigenvalue weighted by Crippen LogP contribution is -2.42. The maximum absolute atomic E-state index is 13.1. The Morgan fingerprint density at radius 2 is 1.44 bits per heavy atom. The zero-order chi connectivity index (χ0) is 19.4. The first-order valence-corrected chi connectivity index (χ1v) is 13.7. The predicted molar refractivity (Wildman–Crippen MR) is 98.9 cm³/mol. The number of rotatable bonds is 7. The second kappa shape index (κ2) is 6.51. The van der Waals surface area contributed by atoms with Gasteiger partial charge in [0.2, 0.25) is 20.0 Å². The maximum atomic E-state index is 13.1. The first kappa shape index (κ1) is 19.3. The molecule has 11 heteroatoms. The second-order valence-corrected chi connectivity index (χ2v) is 13.3. The van der Waals surface area contributed by atoms with E-state index in [-0.39, 0.29) is 33.4 Å². The van der Waals surface area contributed by atoms with Crippen LogP contribution in [0.4, 0.5) is 0 Å². The molecule has 0 bridgehead atoms. The number of hydrogen-bond donors (Lipinski definition) is 1. The Bertz CT molecular complexity index is 1040. The van der Waals surface area contributed by atoms with Gasteiger partial charge >= 0.3 is 0 Å². The molecule has 150 valence electrons. The van der Waals surface area contributed by atoms with E-state index in [1.807, 2.05) is 0 Å². The Morgan fingerprint density at radius 3 is 1.93 bits per heavy atom. The van der Waals surface area contributed by atoms with E-state index in [2.05, 4.69) is 4.72 Å². The summed E-state index contributed by atoms with van der Waals surface area (Å²) in [5, 5.41) is 0. The zero-order valence-electron chi connectivity index (χ0n) is 14.6. The predicted octanol–water partition coefficient (Wildman–Crippen LogP) is 0.468.